The van der Waals surface area contributed by atoms with Crippen LogP contribution in [0.1, 0.15) is 38.1 Å². The lowest BCUT2D eigenvalue weighted by Gasteiger charge is -2.43. The van der Waals surface area contributed by atoms with Crippen molar-refractivity contribution in [1.82, 2.24) is 0 Å². The van der Waals surface area contributed by atoms with Gasteiger partial charge in [0.05, 0.1) is 12.2 Å². The molecule has 0 heterocycles. The highest BCUT2D eigenvalue weighted by molar-refractivity contribution is 7.80. The van der Waals surface area contributed by atoms with E-state index in [1.54, 1.807) is 0 Å². The molecule has 0 spiro atoms. The van der Waals surface area contributed by atoms with Crippen molar-refractivity contribution in [2.45, 2.75) is 38.8 Å². The lowest BCUT2D eigenvalue weighted by Crippen LogP contribution is -2.67. The van der Waals surface area contributed by atoms with Crippen LogP contribution in [0.2, 0.25) is 5.04 Å². The maximum absolute atomic E-state index is 14.1. The van der Waals surface area contributed by atoms with E-state index in [9.17, 15) is 4.79 Å². The molecule has 0 aromatic heterocycles. The smallest absolute Gasteiger partial charge is 0.339 e. The van der Waals surface area contributed by atoms with Crippen LogP contribution in [0.15, 0.2) is 158 Å². The molecule has 1 atom stereocenters. The van der Waals surface area contributed by atoms with Gasteiger partial charge in [0.1, 0.15) is 6.10 Å². The van der Waals surface area contributed by atoms with Gasteiger partial charge < -0.3 is 9.16 Å². The van der Waals surface area contributed by atoms with Gasteiger partial charge in [0.15, 0.2) is 0 Å². The van der Waals surface area contributed by atoms with Crippen molar-refractivity contribution in [2.24, 2.45) is 0 Å². The average molecular weight is 629 g/mol. The van der Waals surface area contributed by atoms with Gasteiger partial charge in [-0.05, 0) is 58.3 Å². The molecule has 0 aliphatic rings. The molecule has 0 fully saturated rings. The number of carbonyl (C=O) groups is 1. The molecule has 1 unspecified atom stereocenters. The Morgan fingerprint density at radius 3 is 1.60 bits per heavy atom. The van der Waals surface area contributed by atoms with Crippen molar-refractivity contribution in [1.29, 1.82) is 0 Å². The van der Waals surface area contributed by atoms with Gasteiger partial charge in [-0.15, -0.1) is 0 Å². The number of carbonyl (C=O) groups excluding carboxylic acids is 1. The summed E-state index contributed by atoms with van der Waals surface area (Å²) in [4.78, 5) is 14.1. The summed E-state index contributed by atoms with van der Waals surface area (Å²) in [6.45, 7) is 8.95. The standard InChI is InChI=1S/C40H41O3PSi/c1-5-20-32(31-42-45(40(2,3)4,35-25-14-8-15-26-35)36-27-16-9-17-28-36)43-39(41)37-29-18-19-30-38(37)44(33-21-10-6-11-22-33)34-23-12-7-13-24-34/h5-30,32H,31H2,1-4H3/b20-5+. The van der Waals surface area contributed by atoms with Gasteiger partial charge in [-0.3, -0.25) is 0 Å². The zero-order chi connectivity index (χ0) is 31.7. The first-order valence-corrected chi connectivity index (χ1v) is 18.7. The maximum Gasteiger partial charge on any atom is 0.339 e. The zero-order valence-corrected chi connectivity index (χ0v) is 28.4. The number of esters is 1. The highest BCUT2D eigenvalue weighted by Gasteiger charge is 2.50. The molecule has 0 aliphatic heterocycles. The summed E-state index contributed by atoms with van der Waals surface area (Å²) in [5, 5.41) is 5.53. The van der Waals surface area contributed by atoms with Crippen LogP contribution in [-0.2, 0) is 9.16 Å². The Morgan fingerprint density at radius 2 is 1.13 bits per heavy atom. The van der Waals surface area contributed by atoms with Crippen LogP contribution < -0.4 is 26.3 Å². The summed E-state index contributed by atoms with van der Waals surface area (Å²) in [6, 6.07) is 49.8. The van der Waals surface area contributed by atoms with Gasteiger partial charge in [0, 0.05) is 0 Å². The molecule has 0 amide bonds. The second kappa shape index (κ2) is 14.8. The molecule has 3 nitrogen and oxygen atoms in total. The minimum Gasteiger partial charge on any atom is -0.452 e. The number of rotatable bonds is 11. The monoisotopic (exact) mass is 628 g/mol. The van der Waals surface area contributed by atoms with Crippen LogP contribution >= 0.6 is 7.92 Å². The van der Waals surface area contributed by atoms with E-state index in [1.165, 1.54) is 21.0 Å². The minimum atomic E-state index is -2.81. The molecule has 0 N–H and O–H groups in total. The van der Waals surface area contributed by atoms with Crippen LogP contribution in [0.5, 0.6) is 0 Å². The Labute approximate surface area is 270 Å². The second-order valence-corrected chi connectivity index (χ2v) is 18.5. The van der Waals surface area contributed by atoms with E-state index in [4.69, 9.17) is 9.16 Å². The van der Waals surface area contributed by atoms with Crippen LogP contribution in [0.4, 0.5) is 0 Å². The normalized spacial score (nSPS) is 12.7. The van der Waals surface area contributed by atoms with E-state index >= 15 is 0 Å². The predicted octanol–water partition coefficient (Wildman–Crippen LogP) is 7.12. The Balaban J connectivity index is 1.49. The Bertz CT molecular complexity index is 1610. The lowest BCUT2D eigenvalue weighted by molar-refractivity contribution is 0.0290. The summed E-state index contributed by atoms with van der Waals surface area (Å²) < 4.78 is 13.4. The Morgan fingerprint density at radius 1 is 0.689 bits per heavy atom. The topological polar surface area (TPSA) is 35.5 Å². The van der Waals surface area contributed by atoms with E-state index in [1.807, 2.05) is 61.5 Å². The first kappa shape index (κ1) is 32.3. The highest BCUT2D eigenvalue weighted by Crippen LogP contribution is 2.37. The summed E-state index contributed by atoms with van der Waals surface area (Å²) >= 11 is 0. The summed E-state index contributed by atoms with van der Waals surface area (Å²) in [5.74, 6) is -0.348. The second-order valence-electron chi connectivity index (χ2n) is 12.0. The van der Waals surface area contributed by atoms with Gasteiger partial charge >= 0.3 is 5.97 Å². The first-order chi connectivity index (χ1) is 21.8. The Kier molecular flexibility index (Phi) is 10.6. The molecule has 5 heteroatoms. The number of allylic oxidation sites excluding steroid dienone is 1. The quantitative estimate of drug-likeness (QED) is 0.0676. The van der Waals surface area contributed by atoms with Crippen molar-refractivity contribution in [3.63, 3.8) is 0 Å². The van der Waals surface area contributed by atoms with Crippen molar-refractivity contribution in [3.8, 4) is 0 Å². The number of hydrogen-bond donors (Lipinski definition) is 0. The minimum absolute atomic E-state index is 0.187. The molecule has 228 valence electrons. The van der Waals surface area contributed by atoms with Gasteiger partial charge in [-0.1, -0.05) is 166 Å². The SMILES string of the molecule is C/C=C/C(CO[Si](c1ccccc1)(c1ccccc1)C(C)(C)C)OC(=O)c1ccccc1P(c1ccccc1)c1ccccc1. The highest BCUT2D eigenvalue weighted by atomic mass is 31.1. The van der Waals surface area contributed by atoms with Crippen LogP contribution in [0, 0.1) is 0 Å². The number of ether oxygens (including phenoxy) is 1. The molecule has 0 saturated carbocycles. The molecule has 5 aromatic carbocycles. The fraction of sp³-hybridized carbons (Fsp3) is 0.175. The third-order valence-corrected chi connectivity index (χ3v) is 15.4. The van der Waals surface area contributed by atoms with Crippen molar-refractivity contribution >= 4 is 48.5 Å². The van der Waals surface area contributed by atoms with E-state index < -0.39 is 22.3 Å². The molecule has 0 radical (unpaired) electrons. The Hall–Kier alpha value is -4.08. The first-order valence-electron chi connectivity index (χ1n) is 15.4. The maximum atomic E-state index is 14.1. The van der Waals surface area contributed by atoms with Gasteiger partial charge in [0.2, 0.25) is 0 Å². The van der Waals surface area contributed by atoms with E-state index in [0.717, 1.165) is 5.30 Å². The number of hydrogen-bond acceptors (Lipinski definition) is 3. The van der Waals surface area contributed by atoms with E-state index in [0.29, 0.717) is 5.56 Å². The molecular weight excluding hydrogens is 587 g/mol. The summed E-state index contributed by atoms with van der Waals surface area (Å²) in [6.07, 6.45) is 3.30. The zero-order valence-electron chi connectivity index (χ0n) is 26.5. The fourth-order valence-corrected chi connectivity index (χ4v) is 12.9. The lowest BCUT2D eigenvalue weighted by atomic mass is 10.2. The van der Waals surface area contributed by atoms with Crippen LogP contribution in [0.25, 0.3) is 0 Å². The molecule has 0 aliphatic carbocycles. The number of benzene rings is 5. The molecule has 5 aromatic rings. The third-order valence-electron chi connectivity index (χ3n) is 7.94. The van der Waals surface area contributed by atoms with Crippen LogP contribution in [-0.4, -0.2) is 27.0 Å². The average Bonchev–Trinajstić information content (AvgIpc) is 3.07. The van der Waals surface area contributed by atoms with Crippen LogP contribution in [0.3, 0.4) is 0 Å². The largest absolute Gasteiger partial charge is 0.452 e. The summed E-state index contributed by atoms with van der Waals surface area (Å²) in [7, 11) is -3.79. The molecule has 5 rings (SSSR count). The van der Waals surface area contributed by atoms with E-state index in [2.05, 4.69) is 124 Å². The van der Waals surface area contributed by atoms with Gasteiger partial charge in [0.25, 0.3) is 8.32 Å². The van der Waals surface area contributed by atoms with E-state index in [-0.39, 0.29) is 17.6 Å². The molecular formula is C40H41O3PSi. The fourth-order valence-electron chi connectivity index (χ4n) is 5.94. The van der Waals surface area contributed by atoms with Crippen molar-refractivity contribution in [3.05, 3.63) is 163 Å². The predicted molar refractivity (Wildman–Crippen MR) is 193 cm³/mol. The molecule has 45 heavy (non-hydrogen) atoms. The van der Waals surface area contributed by atoms with Gasteiger partial charge in [-0.25, -0.2) is 4.79 Å². The molecule has 0 bridgehead atoms. The molecule has 0 saturated heterocycles. The van der Waals surface area contributed by atoms with Crippen molar-refractivity contribution < 1.29 is 14.0 Å². The summed E-state index contributed by atoms with van der Waals surface area (Å²) in [5.41, 5.74) is 0.580. The third kappa shape index (κ3) is 7.26. The van der Waals surface area contributed by atoms with Gasteiger partial charge in [-0.2, -0.15) is 0 Å². The van der Waals surface area contributed by atoms with Crippen molar-refractivity contribution in [2.75, 3.05) is 6.61 Å².